The summed E-state index contributed by atoms with van der Waals surface area (Å²) >= 11 is 0. The van der Waals surface area contributed by atoms with Crippen LogP contribution >= 0.6 is 0 Å². The Morgan fingerprint density at radius 3 is 2.32 bits per heavy atom. The highest BCUT2D eigenvalue weighted by atomic mass is 16.6. The van der Waals surface area contributed by atoms with Crippen molar-refractivity contribution in [2.45, 2.75) is 0 Å². The van der Waals surface area contributed by atoms with E-state index < -0.39 is 6.09 Å². The van der Waals surface area contributed by atoms with Crippen LogP contribution in [0, 0.1) is 0 Å². The van der Waals surface area contributed by atoms with Crippen molar-refractivity contribution >= 4 is 27.6 Å². The Hall–Kier alpha value is -2.55. The molecule has 0 saturated carbocycles. The first kappa shape index (κ1) is 11.5. The molecule has 3 heteroatoms. The lowest BCUT2D eigenvalue weighted by Gasteiger charge is -2.10. The van der Waals surface area contributed by atoms with Crippen LogP contribution in [0.25, 0.3) is 21.5 Å². The zero-order valence-corrected chi connectivity index (χ0v) is 10.5. The van der Waals surface area contributed by atoms with Crippen molar-refractivity contribution in [2.24, 2.45) is 0 Å². The van der Waals surface area contributed by atoms with Gasteiger partial charge in [-0.1, -0.05) is 48.5 Å². The standard InChI is InChI=1S/C16H13NO2/c1-17-16(18)19-15-10-11-6-2-3-7-12(11)13-8-4-5-9-14(13)15/h2-10H,1H3,(H,17,18). The Labute approximate surface area is 110 Å². The third-order valence-corrected chi connectivity index (χ3v) is 3.14. The van der Waals surface area contributed by atoms with Gasteiger partial charge in [0.05, 0.1) is 0 Å². The number of rotatable bonds is 1. The summed E-state index contributed by atoms with van der Waals surface area (Å²) in [6.45, 7) is 0. The van der Waals surface area contributed by atoms with E-state index in [0.29, 0.717) is 5.75 Å². The average molecular weight is 251 g/mol. The highest BCUT2D eigenvalue weighted by Crippen LogP contribution is 2.33. The van der Waals surface area contributed by atoms with Crippen LogP contribution in [0.1, 0.15) is 0 Å². The second-order valence-corrected chi connectivity index (χ2v) is 4.28. The molecule has 0 fully saturated rings. The number of carbonyl (C=O) groups excluding carboxylic acids is 1. The van der Waals surface area contributed by atoms with Gasteiger partial charge in [0, 0.05) is 12.4 Å². The molecule has 3 aromatic rings. The quantitative estimate of drug-likeness (QED) is 0.669. The largest absolute Gasteiger partial charge is 0.412 e. The molecule has 3 nitrogen and oxygen atoms in total. The molecule has 0 saturated heterocycles. The first-order chi connectivity index (χ1) is 9.29. The number of fused-ring (bicyclic) bond motifs is 3. The van der Waals surface area contributed by atoms with Gasteiger partial charge in [0.1, 0.15) is 5.75 Å². The molecule has 0 aliphatic rings. The number of hydrogen-bond acceptors (Lipinski definition) is 2. The molecule has 0 bridgehead atoms. The van der Waals surface area contributed by atoms with E-state index in [2.05, 4.69) is 11.4 Å². The van der Waals surface area contributed by atoms with Gasteiger partial charge in [-0.05, 0) is 22.2 Å². The van der Waals surface area contributed by atoms with Crippen LogP contribution in [-0.2, 0) is 0 Å². The molecule has 0 aromatic heterocycles. The van der Waals surface area contributed by atoms with E-state index in [0.717, 1.165) is 21.5 Å². The fourth-order valence-corrected chi connectivity index (χ4v) is 2.26. The number of amides is 1. The minimum Gasteiger partial charge on any atom is -0.410 e. The van der Waals surface area contributed by atoms with Crippen molar-refractivity contribution < 1.29 is 9.53 Å². The normalized spacial score (nSPS) is 10.6. The number of carbonyl (C=O) groups is 1. The van der Waals surface area contributed by atoms with E-state index in [1.807, 2.05) is 48.5 Å². The molecule has 19 heavy (non-hydrogen) atoms. The molecule has 0 spiro atoms. The predicted molar refractivity (Wildman–Crippen MR) is 76.5 cm³/mol. The minimum atomic E-state index is -0.458. The topological polar surface area (TPSA) is 38.3 Å². The number of hydrogen-bond donors (Lipinski definition) is 1. The van der Waals surface area contributed by atoms with Crippen molar-refractivity contribution in [3.05, 3.63) is 54.6 Å². The zero-order valence-electron chi connectivity index (χ0n) is 10.5. The van der Waals surface area contributed by atoms with Crippen molar-refractivity contribution in [3.63, 3.8) is 0 Å². The summed E-state index contributed by atoms with van der Waals surface area (Å²) in [5.74, 6) is 0.577. The molecular weight excluding hydrogens is 238 g/mol. The van der Waals surface area contributed by atoms with E-state index in [9.17, 15) is 4.79 Å². The van der Waals surface area contributed by atoms with Gasteiger partial charge in [-0.3, -0.25) is 0 Å². The lowest BCUT2D eigenvalue weighted by molar-refractivity contribution is 0.203. The highest BCUT2D eigenvalue weighted by molar-refractivity contribution is 6.10. The second-order valence-electron chi connectivity index (χ2n) is 4.28. The Balaban J connectivity index is 2.32. The minimum absolute atomic E-state index is 0.458. The van der Waals surface area contributed by atoms with Crippen LogP contribution < -0.4 is 10.1 Å². The SMILES string of the molecule is CNC(=O)Oc1cc2ccccc2c2ccccc12. The third-order valence-electron chi connectivity index (χ3n) is 3.14. The molecular formula is C16H13NO2. The first-order valence-electron chi connectivity index (χ1n) is 6.09. The Bertz CT molecular complexity index is 765. The molecule has 0 unspecified atom stereocenters. The summed E-state index contributed by atoms with van der Waals surface area (Å²) in [7, 11) is 1.55. The van der Waals surface area contributed by atoms with Gasteiger partial charge in [0.15, 0.2) is 0 Å². The lowest BCUT2D eigenvalue weighted by atomic mass is 10.0. The Kier molecular flexibility index (Phi) is 2.80. The molecule has 1 N–H and O–H groups in total. The monoisotopic (exact) mass is 251 g/mol. The van der Waals surface area contributed by atoms with Gasteiger partial charge in [0.25, 0.3) is 0 Å². The van der Waals surface area contributed by atoms with Crippen molar-refractivity contribution in [1.82, 2.24) is 5.32 Å². The van der Waals surface area contributed by atoms with E-state index in [4.69, 9.17) is 4.74 Å². The predicted octanol–water partition coefficient (Wildman–Crippen LogP) is 3.71. The summed E-state index contributed by atoms with van der Waals surface area (Å²) in [6, 6.07) is 17.9. The number of nitrogens with one attached hydrogen (secondary N) is 1. The van der Waals surface area contributed by atoms with E-state index in [1.54, 1.807) is 7.05 Å². The molecule has 3 aromatic carbocycles. The molecule has 0 radical (unpaired) electrons. The van der Waals surface area contributed by atoms with Crippen molar-refractivity contribution in [1.29, 1.82) is 0 Å². The average Bonchev–Trinajstić information content (AvgIpc) is 2.47. The molecule has 0 aliphatic carbocycles. The molecule has 1 amide bonds. The second kappa shape index (κ2) is 4.61. The third kappa shape index (κ3) is 1.99. The van der Waals surface area contributed by atoms with Gasteiger partial charge in [-0.25, -0.2) is 4.79 Å². The lowest BCUT2D eigenvalue weighted by Crippen LogP contribution is -2.22. The Morgan fingerprint density at radius 2 is 1.58 bits per heavy atom. The smallest absolute Gasteiger partial charge is 0.410 e. The number of ether oxygens (including phenoxy) is 1. The maximum atomic E-state index is 11.4. The summed E-state index contributed by atoms with van der Waals surface area (Å²) in [4.78, 5) is 11.4. The molecule has 3 rings (SSSR count). The van der Waals surface area contributed by atoms with Crippen molar-refractivity contribution in [3.8, 4) is 5.75 Å². The van der Waals surface area contributed by atoms with Gasteiger partial charge < -0.3 is 10.1 Å². The van der Waals surface area contributed by atoms with Gasteiger partial charge in [0.2, 0.25) is 0 Å². The summed E-state index contributed by atoms with van der Waals surface area (Å²) < 4.78 is 5.33. The fraction of sp³-hybridized carbons (Fsp3) is 0.0625. The molecule has 0 heterocycles. The van der Waals surface area contributed by atoms with Gasteiger partial charge in [-0.2, -0.15) is 0 Å². The van der Waals surface area contributed by atoms with Gasteiger partial charge in [-0.15, -0.1) is 0 Å². The van der Waals surface area contributed by atoms with Gasteiger partial charge >= 0.3 is 6.09 Å². The molecule has 0 aliphatic heterocycles. The maximum Gasteiger partial charge on any atom is 0.412 e. The Morgan fingerprint density at radius 1 is 0.947 bits per heavy atom. The number of benzene rings is 3. The van der Waals surface area contributed by atoms with Crippen LogP contribution in [0.3, 0.4) is 0 Å². The fourth-order valence-electron chi connectivity index (χ4n) is 2.26. The first-order valence-corrected chi connectivity index (χ1v) is 6.09. The summed E-state index contributed by atoms with van der Waals surface area (Å²) in [5, 5.41) is 6.69. The van der Waals surface area contributed by atoms with Crippen LogP contribution in [-0.4, -0.2) is 13.1 Å². The van der Waals surface area contributed by atoms with E-state index in [1.165, 1.54) is 0 Å². The highest BCUT2D eigenvalue weighted by Gasteiger charge is 2.09. The molecule has 94 valence electrons. The van der Waals surface area contributed by atoms with E-state index in [-0.39, 0.29) is 0 Å². The van der Waals surface area contributed by atoms with Crippen LogP contribution in [0.15, 0.2) is 54.6 Å². The maximum absolute atomic E-state index is 11.4. The molecule has 0 atom stereocenters. The summed E-state index contributed by atoms with van der Waals surface area (Å²) in [6.07, 6.45) is -0.458. The van der Waals surface area contributed by atoms with Crippen LogP contribution in [0.5, 0.6) is 5.75 Å². The summed E-state index contributed by atoms with van der Waals surface area (Å²) in [5.41, 5.74) is 0. The zero-order chi connectivity index (χ0) is 13.2. The van der Waals surface area contributed by atoms with Crippen LogP contribution in [0.4, 0.5) is 4.79 Å². The van der Waals surface area contributed by atoms with Crippen LogP contribution in [0.2, 0.25) is 0 Å². The van der Waals surface area contributed by atoms with Crippen molar-refractivity contribution in [2.75, 3.05) is 7.05 Å². The van der Waals surface area contributed by atoms with E-state index >= 15 is 0 Å².